The van der Waals surface area contributed by atoms with E-state index in [9.17, 15) is 4.79 Å². The average molecular weight is 340 g/mol. The highest BCUT2D eigenvalue weighted by Gasteiger charge is 2.30. The largest absolute Gasteiger partial charge is 0.339 e. The molecule has 2 heterocycles. The lowest BCUT2D eigenvalue weighted by Gasteiger charge is -2.38. The first-order valence-electron chi connectivity index (χ1n) is 7.53. The highest BCUT2D eigenvalue weighted by Crippen LogP contribution is 2.37. The van der Waals surface area contributed by atoms with Crippen LogP contribution in [0.1, 0.15) is 62.5 Å². The van der Waals surface area contributed by atoms with Crippen LogP contribution in [0.4, 0.5) is 0 Å². The molecule has 110 valence electrons. The summed E-state index contributed by atoms with van der Waals surface area (Å²) >= 11 is 3.48. The Kier molecular flexibility index (Phi) is 3.91. The van der Waals surface area contributed by atoms with Crippen LogP contribution in [0.2, 0.25) is 0 Å². The van der Waals surface area contributed by atoms with Crippen LogP contribution in [0.25, 0.3) is 0 Å². The highest BCUT2D eigenvalue weighted by molar-refractivity contribution is 9.10. The Morgan fingerprint density at radius 3 is 2.50 bits per heavy atom. The van der Waals surface area contributed by atoms with Crippen LogP contribution in [0.5, 0.6) is 0 Å². The Balaban J connectivity index is 1.75. The maximum atomic E-state index is 12.6. The summed E-state index contributed by atoms with van der Waals surface area (Å²) < 4.78 is 3.09. The van der Waals surface area contributed by atoms with Crippen molar-refractivity contribution >= 4 is 21.8 Å². The summed E-state index contributed by atoms with van der Waals surface area (Å²) in [5.41, 5.74) is 3.89. The number of hydrogen-bond acceptors (Lipinski definition) is 2. The third-order valence-electron chi connectivity index (χ3n) is 4.41. The molecule has 1 saturated carbocycles. The molecule has 2 unspecified atom stereocenters. The molecule has 1 aromatic rings. The molecule has 1 amide bonds. The fraction of sp³-hybridized carbons (Fsp3) is 0.667. The number of hydrazine groups is 1. The molecule has 1 saturated heterocycles. The molecule has 5 heteroatoms. The molecule has 0 bridgehead atoms. The second-order valence-corrected chi connectivity index (χ2v) is 7.07. The number of halogens is 1. The zero-order valence-electron chi connectivity index (χ0n) is 12.1. The normalized spacial score (nSPS) is 27.6. The van der Waals surface area contributed by atoms with Gasteiger partial charge in [0.2, 0.25) is 0 Å². The first-order chi connectivity index (χ1) is 9.56. The Bertz CT molecular complexity index is 499. The van der Waals surface area contributed by atoms with E-state index in [1.165, 1.54) is 19.3 Å². The van der Waals surface area contributed by atoms with E-state index in [-0.39, 0.29) is 5.91 Å². The van der Waals surface area contributed by atoms with Crippen molar-refractivity contribution in [1.29, 1.82) is 0 Å². The molecule has 1 aliphatic carbocycles. The third kappa shape index (κ3) is 2.79. The molecule has 4 nitrogen and oxygen atoms in total. The zero-order valence-corrected chi connectivity index (χ0v) is 13.7. The van der Waals surface area contributed by atoms with E-state index in [0.717, 1.165) is 23.0 Å². The van der Waals surface area contributed by atoms with Gasteiger partial charge in [0.05, 0.1) is 0 Å². The van der Waals surface area contributed by atoms with E-state index in [2.05, 4.69) is 44.8 Å². The van der Waals surface area contributed by atoms with Gasteiger partial charge in [0.15, 0.2) is 0 Å². The van der Waals surface area contributed by atoms with E-state index in [1.807, 2.05) is 12.3 Å². The minimum atomic E-state index is 0.0169. The van der Waals surface area contributed by atoms with E-state index >= 15 is 0 Å². The predicted molar refractivity (Wildman–Crippen MR) is 82.5 cm³/mol. The predicted octanol–water partition coefficient (Wildman–Crippen LogP) is 3.49. The molecular formula is C15H22BrN3O. The number of amides is 1. The molecule has 0 spiro atoms. The number of rotatable bonds is 3. The van der Waals surface area contributed by atoms with E-state index in [1.54, 1.807) is 0 Å². The smallest absolute Gasteiger partial charge is 0.282 e. The fourth-order valence-electron chi connectivity index (χ4n) is 3.10. The molecule has 20 heavy (non-hydrogen) atoms. The van der Waals surface area contributed by atoms with Gasteiger partial charge in [0.1, 0.15) is 5.69 Å². The minimum Gasteiger partial charge on any atom is -0.339 e. The van der Waals surface area contributed by atoms with Gasteiger partial charge < -0.3 is 4.57 Å². The van der Waals surface area contributed by atoms with Gasteiger partial charge in [-0.1, -0.05) is 6.42 Å². The second kappa shape index (κ2) is 5.53. The quantitative estimate of drug-likeness (QED) is 0.915. The van der Waals surface area contributed by atoms with Crippen molar-refractivity contribution in [2.75, 3.05) is 0 Å². The molecule has 1 N–H and O–H groups in total. The molecule has 2 atom stereocenters. The number of nitrogens with one attached hydrogen (secondary N) is 1. The van der Waals surface area contributed by atoms with Crippen molar-refractivity contribution < 1.29 is 4.79 Å². The third-order valence-corrected chi connectivity index (χ3v) is 4.85. The lowest BCUT2D eigenvalue weighted by atomic mass is 10.00. The molecule has 0 aromatic carbocycles. The summed E-state index contributed by atoms with van der Waals surface area (Å²) in [6.45, 7) is 4.37. The van der Waals surface area contributed by atoms with Gasteiger partial charge in [0, 0.05) is 28.8 Å². The van der Waals surface area contributed by atoms with Gasteiger partial charge in [0.25, 0.3) is 5.91 Å². The fourth-order valence-corrected chi connectivity index (χ4v) is 3.54. The second-order valence-electron chi connectivity index (χ2n) is 6.16. The Hall–Kier alpha value is -0.810. The first-order valence-corrected chi connectivity index (χ1v) is 8.32. The van der Waals surface area contributed by atoms with Crippen LogP contribution in [0.15, 0.2) is 16.7 Å². The molecule has 2 fully saturated rings. The van der Waals surface area contributed by atoms with Crippen molar-refractivity contribution in [3.05, 3.63) is 22.4 Å². The van der Waals surface area contributed by atoms with Crippen LogP contribution in [0.3, 0.4) is 0 Å². The lowest BCUT2D eigenvalue weighted by Crippen LogP contribution is -2.54. The SMILES string of the molecule is CC1CCCC(C)N1NC(=O)c1cc(Br)cn1C1CC1. The van der Waals surface area contributed by atoms with Gasteiger partial charge in [-0.05, 0) is 61.5 Å². The van der Waals surface area contributed by atoms with Crippen LogP contribution in [-0.4, -0.2) is 27.6 Å². The molecular weight excluding hydrogens is 318 g/mol. The Labute approximate surface area is 128 Å². The summed E-state index contributed by atoms with van der Waals surface area (Å²) in [5, 5.41) is 2.13. The van der Waals surface area contributed by atoms with Crippen molar-refractivity contribution in [2.24, 2.45) is 0 Å². The summed E-state index contributed by atoms with van der Waals surface area (Å²) in [6.07, 6.45) is 7.93. The molecule has 3 rings (SSSR count). The Morgan fingerprint density at radius 2 is 1.90 bits per heavy atom. The van der Waals surface area contributed by atoms with Crippen molar-refractivity contribution in [1.82, 2.24) is 15.0 Å². The molecule has 0 radical (unpaired) electrons. The van der Waals surface area contributed by atoms with Crippen molar-refractivity contribution in [3.63, 3.8) is 0 Å². The summed E-state index contributed by atoms with van der Waals surface area (Å²) in [7, 11) is 0. The molecule has 2 aliphatic rings. The first kappa shape index (κ1) is 14.1. The van der Waals surface area contributed by atoms with Crippen LogP contribution >= 0.6 is 15.9 Å². The van der Waals surface area contributed by atoms with Crippen LogP contribution in [-0.2, 0) is 0 Å². The minimum absolute atomic E-state index is 0.0169. The number of nitrogens with zero attached hydrogens (tertiary/aromatic N) is 2. The maximum absolute atomic E-state index is 12.6. The monoisotopic (exact) mass is 339 g/mol. The van der Waals surface area contributed by atoms with Gasteiger partial charge in [-0.3, -0.25) is 10.2 Å². The van der Waals surface area contributed by atoms with E-state index in [0.29, 0.717) is 18.1 Å². The average Bonchev–Trinajstić information content (AvgIpc) is 3.17. The number of hydrogen-bond donors (Lipinski definition) is 1. The standard InChI is InChI=1S/C15H22BrN3O/c1-10-4-3-5-11(2)19(10)17-15(20)14-8-12(16)9-18(14)13-6-7-13/h8-11,13H,3-7H2,1-2H3,(H,17,20). The van der Waals surface area contributed by atoms with Gasteiger partial charge in [-0.2, -0.15) is 0 Å². The summed E-state index contributed by atoms with van der Waals surface area (Å²) in [5.74, 6) is 0.0169. The number of carbonyl (C=O) groups is 1. The summed E-state index contributed by atoms with van der Waals surface area (Å²) in [6, 6.07) is 3.26. The molecule has 1 aromatic heterocycles. The topological polar surface area (TPSA) is 37.3 Å². The number of carbonyl (C=O) groups excluding carboxylic acids is 1. The van der Waals surface area contributed by atoms with Gasteiger partial charge >= 0.3 is 0 Å². The van der Waals surface area contributed by atoms with Crippen LogP contribution < -0.4 is 5.43 Å². The Morgan fingerprint density at radius 1 is 1.25 bits per heavy atom. The van der Waals surface area contributed by atoms with Gasteiger partial charge in [-0.15, -0.1) is 0 Å². The highest BCUT2D eigenvalue weighted by atomic mass is 79.9. The van der Waals surface area contributed by atoms with Crippen molar-refractivity contribution in [2.45, 2.75) is 64.1 Å². The van der Waals surface area contributed by atoms with E-state index < -0.39 is 0 Å². The number of piperidine rings is 1. The van der Waals surface area contributed by atoms with Crippen molar-refractivity contribution in [3.8, 4) is 0 Å². The van der Waals surface area contributed by atoms with E-state index in [4.69, 9.17) is 0 Å². The van der Waals surface area contributed by atoms with Gasteiger partial charge in [-0.25, -0.2) is 5.01 Å². The lowest BCUT2D eigenvalue weighted by molar-refractivity contribution is 0.0363. The number of aromatic nitrogens is 1. The maximum Gasteiger partial charge on any atom is 0.282 e. The molecule has 1 aliphatic heterocycles. The zero-order chi connectivity index (χ0) is 14.3. The van der Waals surface area contributed by atoms with Crippen LogP contribution in [0, 0.1) is 0 Å². The summed E-state index contributed by atoms with van der Waals surface area (Å²) in [4.78, 5) is 12.6.